The molecular weight excluding hydrogens is 1560 g/mol. The van der Waals surface area contributed by atoms with Crippen molar-refractivity contribution in [3.63, 3.8) is 0 Å². The van der Waals surface area contributed by atoms with Crippen LogP contribution < -0.4 is 55.3 Å². The van der Waals surface area contributed by atoms with Crippen molar-refractivity contribution in [3.05, 3.63) is 59.7 Å². The number of rotatable bonds is 83. The summed E-state index contributed by atoms with van der Waals surface area (Å²) in [6, 6.07) is 16.7. The Balaban J connectivity index is 0.000000629. The number of ether oxygens (including phenoxy) is 29. The number of benzene rings is 2. The van der Waals surface area contributed by atoms with Crippen molar-refractivity contribution >= 4 is 23.9 Å². The second-order valence-corrected chi connectivity index (χ2v) is 26.2. The molecule has 2 saturated heterocycles. The van der Waals surface area contributed by atoms with E-state index in [9.17, 15) is 19.2 Å². The topological polar surface area (TPSA) is 551 Å². The minimum atomic E-state index is -0.792. The minimum Gasteiger partial charge on any atom is -0.491 e. The largest absolute Gasteiger partial charge is 0.491 e. The highest BCUT2D eigenvalue weighted by Gasteiger charge is 2.35. The molecule has 16 N–H and O–H groups in total. The van der Waals surface area contributed by atoms with Gasteiger partial charge in [0.15, 0.2) is 6.79 Å². The maximum atomic E-state index is 11.2. The number of epoxide rings is 2. The molecule has 2 aliphatic rings. The Morgan fingerprint density at radius 1 is 0.288 bits per heavy atom. The van der Waals surface area contributed by atoms with Crippen molar-refractivity contribution in [3.8, 4) is 11.5 Å². The van der Waals surface area contributed by atoms with Gasteiger partial charge in [-0.1, -0.05) is 38.1 Å². The molecule has 0 spiro atoms. The summed E-state index contributed by atoms with van der Waals surface area (Å²) >= 11 is 0. The Hall–Kier alpha value is -5.32. The van der Waals surface area contributed by atoms with E-state index >= 15 is 0 Å². The van der Waals surface area contributed by atoms with E-state index in [2.05, 4.69) is 38.1 Å². The van der Waals surface area contributed by atoms with E-state index in [1.165, 1.54) is 11.1 Å². The van der Waals surface area contributed by atoms with Crippen LogP contribution in [0.3, 0.4) is 0 Å². The zero-order valence-corrected chi connectivity index (χ0v) is 69.5. The van der Waals surface area contributed by atoms with E-state index in [0.717, 1.165) is 24.7 Å². The molecule has 41 heteroatoms. The molecule has 0 saturated carbocycles. The molecule has 686 valence electrons. The molecule has 2 fully saturated rings. The van der Waals surface area contributed by atoms with Gasteiger partial charge in [-0.15, -0.1) is 0 Å². The number of esters is 4. The number of carbonyl (C=O) groups excluding carboxylic acids is 4. The van der Waals surface area contributed by atoms with Gasteiger partial charge in [0.2, 0.25) is 0 Å². The average molecular weight is 1710 g/mol. The van der Waals surface area contributed by atoms with Gasteiger partial charge in [0, 0.05) is 12.0 Å². The molecule has 2 aromatic carbocycles. The van der Waals surface area contributed by atoms with Crippen LogP contribution in [-0.4, -0.2) is 393 Å². The van der Waals surface area contributed by atoms with Crippen LogP contribution in [-0.2, 0) is 152 Å². The van der Waals surface area contributed by atoms with Crippen LogP contribution in [0.4, 0.5) is 0 Å². The first-order valence-corrected chi connectivity index (χ1v) is 39.7. The van der Waals surface area contributed by atoms with Crippen molar-refractivity contribution in [1.29, 1.82) is 0 Å². The van der Waals surface area contributed by atoms with Gasteiger partial charge in [-0.2, -0.15) is 0 Å². The molecule has 4 rings (SSSR count). The average Bonchev–Trinajstić information content (AvgIpc) is 1.27. The fraction of sp³-hybridized carbons (Fsp3) is 0.792. The second kappa shape index (κ2) is 76.6. The molecule has 0 aliphatic carbocycles. The van der Waals surface area contributed by atoms with E-state index in [-0.39, 0.29) is 203 Å². The van der Waals surface area contributed by atoms with Gasteiger partial charge >= 0.3 is 23.9 Å². The molecule has 2 atom stereocenters. The minimum absolute atomic E-state index is 0.0699. The molecular formula is C77H140N8O33. The van der Waals surface area contributed by atoms with Gasteiger partial charge < -0.3 is 183 Å². The van der Waals surface area contributed by atoms with E-state index in [1.54, 1.807) is 0 Å². The summed E-state index contributed by atoms with van der Waals surface area (Å²) in [6.07, 6.45) is 0.562. The normalized spacial score (nSPS) is 13.8. The first-order valence-electron chi connectivity index (χ1n) is 39.7. The number of hydrogen-bond donors (Lipinski definition) is 8. The van der Waals surface area contributed by atoms with Crippen molar-refractivity contribution in [2.45, 2.75) is 31.5 Å². The molecule has 0 radical (unpaired) electrons. The zero-order valence-electron chi connectivity index (χ0n) is 69.5. The Morgan fingerprint density at radius 2 is 0.500 bits per heavy atom. The monoisotopic (exact) mass is 1700 g/mol. The van der Waals surface area contributed by atoms with Crippen molar-refractivity contribution in [2.24, 2.45) is 56.7 Å². The van der Waals surface area contributed by atoms with Gasteiger partial charge in [0.05, 0.1) is 321 Å². The molecule has 0 bridgehead atoms. The lowest BCUT2D eigenvalue weighted by atomic mass is 9.78. The third kappa shape index (κ3) is 62.7. The van der Waals surface area contributed by atoms with E-state index in [1.807, 2.05) is 24.3 Å². The maximum absolute atomic E-state index is 11.2. The lowest BCUT2D eigenvalue weighted by Crippen LogP contribution is -2.43. The van der Waals surface area contributed by atoms with E-state index in [4.69, 9.17) is 183 Å². The molecule has 0 aromatic heterocycles. The highest BCUT2D eigenvalue weighted by molar-refractivity contribution is 5.72. The Bertz CT molecular complexity index is 2450. The summed E-state index contributed by atoms with van der Waals surface area (Å²) in [5.74, 6) is -0.360. The summed E-state index contributed by atoms with van der Waals surface area (Å²) < 4.78 is 158. The number of hydrogen-bond acceptors (Lipinski definition) is 41. The quantitative estimate of drug-likeness (QED) is 0.0112. The van der Waals surface area contributed by atoms with Gasteiger partial charge in [-0.05, 0) is 35.4 Å². The third-order valence-electron chi connectivity index (χ3n) is 16.0. The van der Waals surface area contributed by atoms with Gasteiger partial charge in [-0.3, -0.25) is 19.2 Å². The first-order chi connectivity index (χ1) is 57.7. The van der Waals surface area contributed by atoms with Crippen LogP contribution in [0.15, 0.2) is 48.5 Å². The molecule has 2 unspecified atom stereocenters. The summed E-state index contributed by atoms with van der Waals surface area (Å²) in [4.78, 5) is 44.5. The Labute approximate surface area is 694 Å². The first kappa shape index (κ1) is 109. The highest BCUT2D eigenvalue weighted by atomic mass is 16.7. The molecule has 41 nitrogen and oxygen atoms in total. The van der Waals surface area contributed by atoms with Crippen LogP contribution >= 0.6 is 0 Å². The Morgan fingerprint density at radius 3 is 0.729 bits per heavy atom. The maximum Gasteiger partial charge on any atom is 0.321 e. The fourth-order valence-corrected chi connectivity index (χ4v) is 9.45. The summed E-state index contributed by atoms with van der Waals surface area (Å²) in [5, 5.41) is 0. The summed E-state index contributed by atoms with van der Waals surface area (Å²) in [7, 11) is 0. The summed E-state index contributed by atoms with van der Waals surface area (Å²) in [6.45, 7) is 19.3. The van der Waals surface area contributed by atoms with Crippen molar-refractivity contribution in [2.75, 3.05) is 357 Å². The van der Waals surface area contributed by atoms with Gasteiger partial charge in [0.1, 0.15) is 56.7 Å². The van der Waals surface area contributed by atoms with E-state index < -0.39 is 34.7 Å². The van der Waals surface area contributed by atoms with Gasteiger partial charge in [-0.25, -0.2) is 0 Å². The van der Waals surface area contributed by atoms with E-state index in [0.29, 0.717) is 159 Å². The standard InChI is InChI=1S/C30H58N4O17.C26H58N4O12.C21H24O4/c31-17-26(35)48-14-11-40-2-7-44-22-30(23-45-8-3-41-12-15-49-27(36)18-32,24-46-9-4-42-13-16-50-28(37)19-33)21-43-6-1-39-5-10-47-25-51-29(38)20-34;27-1-2-31-3-4-32-5-12-36-19-26(20-37-13-6-33-9-16-40-23-28,21-38-14-7-34-10-17-41-24-29)22-39-15-8-35-11-18-42-25-30;1-21(2,15-3-7-17(8-4-15)22-11-19-13-24-19)16-5-9-18(10-6-16)23-12-20-14-25-20/h1-25,31-34H2;1-25,27-30H2;3-10,19-20H,11-14H2,1-2H3. The molecule has 2 aliphatic heterocycles. The van der Waals surface area contributed by atoms with Crippen molar-refractivity contribution in [1.82, 2.24) is 0 Å². The summed E-state index contributed by atoms with van der Waals surface area (Å²) in [5.41, 5.74) is 43.2. The lowest BCUT2D eigenvalue weighted by molar-refractivity contribution is -0.156. The zero-order chi connectivity index (χ0) is 85.6. The lowest BCUT2D eigenvalue weighted by Gasteiger charge is -2.33. The second-order valence-electron chi connectivity index (χ2n) is 26.2. The van der Waals surface area contributed by atoms with Crippen LogP contribution in [0.25, 0.3) is 0 Å². The predicted octanol–water partition coefficient (Wildman–Crippen LogP) is -2.47. The molecule has 118 heavy (non-hydrogen) atoms. The molecule has 2 aromatic rings. The van der Waals surface area contributed by atoms with Gasteiger partial charge in [0.25, 0.3) is 0 Å². The number of carbonyl (C=O) groups is 4. The SMILES string of the molecule is CC(C)(c1ccc(OCC2CO2)cc1)c1ccc(OCC2CO2)cc1.NCC(=O)OCCOCCOCC(COCCOCCOCOC(=O)CN)(COCCOCCOC(=O)CN)COCCOCCOC(=O)CN.NCCOCCOCCOCC(COCCOCCOCN)(COCCOCCOCN)COCCOCCOCN. The number of nitrogens with two attached hydrogens (primary N) is 8. The molecule has 2 heterocycles. The smallest absolute Gasteiger partial charge is 0.321 e. The fourth-order valence-electron chi connectivity index (χ4n) is 9.45. The predicted molar refractivity (Wildman–Crippen MR) is 424 cm³/mol. The van der Waals surface area contributed by atoms with Crippen molar-refractivity contribution < 1.29 is 157 Å². The van der Waals surface area contributed by atoms with Crippen LogP contribution in [0, 0.1) is 10.8 Å². The molecule has 0 amide bonds. The van der Waals surface area contributed by atoms with Crippen LogP contribution in [0.1, 0.15) is 25.0 Å². The van der Waals surface area contributed by atoms with Crippen LogP contribution in [0.2, 0.25) is 0 Å². The van der Waals surface area contributed by atoms with Crippen LogP contribution in [0.5, 0.6) is 11.5 Å². The Kier molecular flexibility index (Phi) is 70.6. The highest BCUT2D eigenvalue weighted by Crippen LogP contribution is 2.34. The third-order valence-corrected chi connectivity index (χ3v) is 16.0.